The molecule has 0 bridgehead atoms. The number of rotatable bonds is 17. The second-order valence-corrected chi connectivity index (χ2v) is 13.4. The number of carbonyl (C=O) groups is 3. The summed E-state index contributed by atoms with van der Waals surface area (Å²) in [6.45, 7) is 3.61. The molecular formula is C29H37N9O10S2. The van der Waals surface area contributed by atoms with E-state index in [4.69, 9.17) is 26.8 Å². The summed E-state index contributed by atoms with van der Waals surface area (Å²) in [7, 11) is -3.35. The number of thiazole rings is 1. The van der Waals surface area contributed by atoms with Crippen LogP contribution in [-0.4, -0.2) is 95.0 Å². The number of nitrogen functional groups attached to an aromatic ring is 1. The van der Waals surface area contributed by atoms with Crippen LogP contribution in [0.15, 0.2) is 53.1 Å². The summed E-state index contributed by atoms with van der Waals surface area (Å²) in [5.74, 6) is -3.21. The molecule has 0 radical (unpaired) electrons. The summed E-state index contributed by atoms with van der Waals surface area (Å²) in [4.78, 5) is 46.9. The largest absolute Gasteiger partial charge is 0.724 e. The molecule has 3 aromatic rings. The number of aliphatic carboxylic acids is 1. The molecule has 21 heteroatoms. The Morgan fingerprint density at radius 2 is 1.84 bits per heavy atom. The summed E-state index contributed by atoms with van der Waals surface area (Å²) in [6.07, 6.45) is 0.269. The van der Waals surface area contributed by atoms with E-state index in [2.05, 4.69) is 25.1 Å². The average Bonchev–Trinajstić information content (AvgIpc) is 3.50. The van der Waals surface area contributed by atoms with E-state index in [0.29, 0.717) is 30.4 Å². The number of carboxylic acids is 1. The van der Waals surface area contributed by atoms with Crippen LogP contribution in [0.3, 0.4) is 0 Å². The number of benzene rings is 1. The van der Waals surface area contributed by atoms with Gasteiger partial charge < -0.3 is 47.1 Å². The number of nitrogens with zero attached hydrogens (tertiary/aromatic N) is 4. The molecule has 1 aliphatic heterocycles. The zero-order valence-corrected chi connectivity index (χ0v) is 28.8. The van der Waals surface area contributed by atoms with E-state index in [1.165, 1.54) is 19.2 Å². The third kappa shape index (κ3) is 9.26. The van der Waals surface area contributed by atoms with Gasteiger partial charge in [0.25, 0.3) is 17.9 Å². The van der Waals surface area contributed by atoms with Gasteiger partial charge in [0.1, 0.15) is 31.1 Å². The molecule has 0 spiro atoms. The molecular weight excluding hydrogens is 699 g/mol. The quantitative estimate of drug-likeness (QED) is 0.0226. The lowest BCUT2D eigenvalue weighted by atomic mass is 9.84. The van der Waals surface area contributed by atoms with Crippen molar-refractivity contribution in [2.75, 3.05) is 25.4 Å². The number of nitrogens with two attached hydrogens (primary N) is 3. The van der Waals surface area contributed by atoms with E-state index in [-0.39, 0.29) is 16.9 Å². The minimum absolute atomic E-state index is 0.0152. The summed E-state index contributed by atoms with van der Waals surface area (Å²) in [6, 6.07) is 9.50. The molecule has 4 rings (SSSR count). The molecule has 2 atom stereocenters. The third-order valence-corrected chi connectivity index (χ3v) is 8.62. The number of aromatic nitrogens is 2. The van der Waals surface area contributed by atoms with Gasteiger partial charge in [0, 0.05) is 36.1 Å². The van der Waals surface area contributed by atoms with Gasteiger partial charge in [-0.05, 0) is 37.6 Å². The predicted molar refractivity (Wildman–Crippen MR) is 176 cm³/mol. The Bertz CT molecular complexity index is 1850. The van der Waals surface area contributed by atoms with Crippen LogP contribution in [0.1, 0.15) is 25.2 Å². The number of amides is 2. The van der Waals surface area contributed by atoms with Crippen molar-refractivity contribution in [3.05, 3.63) is 59.4 Å². The van der Waals surface area contributed by atoms with Crippen LogP contribution in [0.25, 0.3) is 11.1 Å². The zero-order chi connectivity index (χ0) is 36.8. The highest BCUT2D eigenvalue weighted by atomic mass is 32.3. The lowest BCUT2D eigenvalue weighted by Crippen LogP contribution is -2.76. The van der Waals surface area contributed by atoms with Crippen LogP contribution < -0.4 is 37.1 Å². The first-order valence-electron chi connectivity index (χ1n) is 14.9. The number of hydrogen-bond acceptors (Lipinski definition) is 16. The molecule has 3 heterocycles. The Labute approximate surface area is 290 Å². The van der Waals surface area contributed by atoms with E-state index in [0.717, 1.165) is 28.2 Å². The van der Waals surface area contributed by atoms with E-state index < -0.39 is 58.2 Å². The number of β-lactam (4-membered cyclic amide) rings is 1. The SMILES string of the molecule is C[n+]1cc(-c2ccc(OC[C@H](O/N=C(\C(=O)NC3C(=O)N(OS(=O)(=O)[O-])C3(C)C)c3csc(N)n3)C(=O)O)cc2)ccc1CNC(CN)CN. The summed E-state index contributed by atoms with van der Waals surface area (Å²) in [5.41, 5.74) is 17.8. The van der Waals surface area contributed by atoms with Crippen LogP contribution in [0.5, 0.6) is 5.75 Å². The fraction of sp³-hybridized carbons (Fsp3) is 0.379. The van der Waals surface area contributed by atoms with Gasteiger partial charge >= 0.3 is 5.97 Å². The number of carboxylic acid groups (broad SMARTS) is 1. The van der Waals surface area contributed by atoms with Crippen molar-refractivity contribution in [1.29, 1.82) is 0 Å². The fourth-order valence-electron chi connectivity index (χ4n) is 4.70. The molecule has 0 saturated carbocycles. The number of anilines is 1. The van der Waals surface area contributed by atoms with Crippen molar-refractivity contribution in [3.8, 4) is 16.9 Å². The minimum Gasteiger partial charge on any atom is -0.724 e. The second-order valence-electron chi connectivity index (χ2n) is 11.5. The Kier molecular flexibility index (Phi) is 12.1. The molecule has 270 valence electrons. The molecule has 1 fully saturated rings. The standard InChI is InChI=1S/C29H37N9O10S2/c1-29(2)24(26(40)38(29)48-50(43,44)45)35-25(39)23(21-15-49-28(32)34-21)36-47-22(27(41)42)14-46-20-8-5-16(6-9-20)17-4-7-19(37(3)13-17)12-33-18(10-30)11-31/h4-9,13,15,18,22,24,33H,10-12,14,30-31H2,1-3H3,(H4-,32,34,35,39,41,42,43,44,45)/b36-23-/t22-,24?/m0/s1. The molecule has 9 N–H and O–H groups in total. The third-order valence-electron chi connectivity index (χ3n) is 7.62. The Morgan fingerprint density at radius 3 is 2.38 bits per heavy atom. The number of carbonyl (C=O) groups excluding carboxylic acids is 2. The molecule has 1 saturated heterocycles. The van der Waals surface area contributed by atoms with E-state index in [1.807, 2.05) is 29.9 Å². The second kappa shape index (κ2) is 15.8. The van der Waals surface area contributed by atoms with Crippen molar-refractivity contribution >= 4 is 50.4 Å². The van der Waals surface area contributed by atoms with Crippen molar-refractivity contribution in [3.63, 3.8) is 0 Å². The zero-order valence-electron chi connectivity index (χ0n) is 27.1. The number of ether oxygens (including phenoxy) is 1. The van der Waals surface area contributed by atoms with E-state index in [9.17, 15) is 32.5 Å². The van der Waals surface area contributed by atoms with Crippen LogP contribution >= 0.6 is 11.3 Å². The fourth-order valence-corrected chi connectivity index (χ4v) is 5.70. The maximum atomic E-state index is 13.2. The first-order valence-corrected chi connectivity index (χ1v) is 17.1. The van der Waals surface area contributed by atoms with E-state index in [1.54, 1.807) is 24.3 Å². The topological polar surface area (TPSA) is 291 Å². The van der Waals surface area contributed by atoms with Crippen molar-refractivity contribution in [2.45, 2.75) is 44.1 Å². The molecule has 0 aliphatic carbocycles. The number of nitrogens with one attached hydrogen (secondary N) is 2. The Balaban J connectivity index is 1.42. The van der Waals surface area contributed by atoms with E-state index >= 15 is 0 Å². The summed E-state index contributed by atoms with van der Waals surface area (Å²) >= 11 is 0.950. The maximum Gasteiger partial charge on any atom is 0.351 e. The lowest BCUT2D eigenvalue weighted by Gasteiger charge is -2.51. The number of pyridine rings is 1. The van der Waals surface area contributed by atoms with Crippen molar-refractivity contribution in [1.82, 2.24) is 20.7 Å². The molecule has 50 heavy (non-hydrogen) atoms. The minimum atomic E-state index is -5.27. The van der Waals surface area contributed by atoms with Gasteiger partial charge in [-0.2, -0.15) is 9.35 Å². The number of aryl methyl sites for hydroxylation is 1. The number of oxime groups is 1. The first-order chi connectivity index (χ1) is 23.5. The van der Waals surface area contributed by atoms with Gasteiger partial charge in [0.2, 0.25) is 10.4 Å². The highest BCUT2D eigenvalue weighted by Gasteiger charge is 2.57. The van der Waals surface area contributed by atoms with Crippen molar-refractivity contribution in [2.24, 2.45) is 23.7 Å². The van der Waals surface area contributed by atoms with Gasteiger partial charge in [-0.1, -0.05) is 17.3 Å². The first kappa shape index (κ1) is 38.0. The number of hydrogen-bond donors (Lipinski definition) is 6. The van der Waals surface area contributed by atoms with Crippen LogP contribution in [0.4, 0.5) is 5.13 Å². The summed E-state index contributed by atoms with van der Waals surface area (Å²) in [5, 5.41) is 20.9. The average molecular weight is 736 g/mol. The lowest BCUT2D eigenvalue weighted by molar-refractivity contribution is -0.679. The number of hydroxylamine groups is 2. The molecule has 19 nitrogen and oxygen atoms in total. The molecule has 2 amide bonds. The van der Waals surface area contributed by atoms with Gasteiger partial charge in [-0.3, -0.25) is 9.59 Å². The van der Waals surface area contributed by atoms with Crippen molar-refractivity contribution < 1.29 is 50.9 Å². The predicted octanol–water partition coefficient (Wildman–Crippen LogP) is -1.66. The molecule has 1 aromatic carbocycles. The van der Waals surface area contributed by atoms with Gasteiger partial charge in [-0.25, -0.2) is 22.8 Å². The monoisotopic (exact) mass is 735 g/mol. The smallest absolute Gasteiger partial charge is 0.351 e. The Morgan fingerprint density at radius 1 is 1.18 bits per heavy atom. The van der Waals surface area contributed by atoms with Crippen LogP contribution in [0.2, 0.25) is 0 Å². The summed E-state index contributed by atoms with van der Waals surface area (Å²) < 4.78 is 44.8. The van der Waals surface area contributed by atoms with Gasteiger partial charge in [0.15, 0.2) is 22.7 Å². The highest BCUT2D eigenvalue weighted by molar-refractivity contribution is 7.80. The van der Waals surface area contributed by atoms with Crippen LogP contribution in [0, 0.1) is 0 Å². The maximum absolute atomic E-state index is 13.2. The highest BCUT2D eigenvalue weighted by Crippen LogP contribution is 2.33. The molecule has 2 aromatic heterocycles. The van der Waals surface area contributed by atoms with Crippen LogP contribution in [-0.2, 0) is 47.5 Å². The van der Waals surface area contributed by atoms with Gasteiger partial charge in [0.05, 0.1) is 12.1 Å². The molecule has 1 unspecified atom stereocenters. The van der Waals surface area contributed by atoms with Gasteiger partial charge in [-0.15, -0.1) is 11.3 Å². The molecule has 1 aliphatic rings. The Hall–Kier alpha value is -4.77. The normalized spacial score (nSPS) is 16.5.